The van der Waals surface area contributed by atoms with Crippen molar-refractivity contribution in [1.82, 2.24) is 5.32 Å². The van der Waals surface area contributed by atoms with E-state index in [2.05, 4.69) is 5.32 Å². The quantitative estimate of drug-likeness (QED) is 0.566. The minimum Gasteiger partial charge on any atom is -0.480 e. The number of fused-ring (bicyclic) bond motifs is 3. The number of benzene rings is 3. The Labute approximate surface area is 183 Å². The molecule has 31 heavy (non-hydrogen) atoms. The van der Waals surface area contributed by atoms with Gasteiger partial charge in [0.1, 0.15) is 18.5 Å². The topological polar surface area (TPSA) is 75.6 Å². The van der Waals surface area contributed by atoms with Gasteiger partial charge in [0, 0.05) is 17.4 Å². The summed E-state index contributed by atoms with van der Waals surface area (Å²) in [5.74, 6) is -2.06. The fourth-order valence-electron chi connectivity index (χ4n) is 3.89. The maximum absolute atomic E-state index is 14.0. The Morgan fingerprint density at radius 1 is 1.03 bits per heavy atom. The van der Waals surface area contributed by atoms with Gasteiger partial charge >= 0.3 is 12.1 Å². The average molecular weight is 440 g/mol. The van der Waals surface area contributed by atoms with Gasteiger partial charge in [-0.3, -0.25) is 0 Å². The van der Waals surface area contributed by atoms with Crippen molar-refractivity contribution < 1.29 is 23.8 Å². The molecule has 0 saturated heterocycles. The molecule has 0 radical (unpaired) electrons. The normalized spacial score (nSPS) is 13.2. The highest BCUT2D eigenvalue weighted by atomic mass is 35.5. The molecule has 4 rings (SSSR count). The minimum absolute atomic E-state index is 0.0570. The molecule has 2 N–H and O–H groups in total. The van der Waals surface area contributed by atoms with Crippen LogP contribution in [0.1, 0.15) is 22.6 Å². The largest absolute Gasteiger partial charge is 0.480 e. The lowest BCUT2D eigenvalue weighted by molar-refractivity contribution is -0.139. The number of carboxylic acids is 1. The van der Waals surface area contributed by atoms with Crippen molar-refractivity contribution in [1.29, 1.82) is 0 Å². The first-order valence-electron chi connectivity index (χ1n) is 9.72. The van der Waals surface area contributed by atoms with Crippen molar-refractivity contribution in [3.05, 3.63) is 94.3 Å². The van der Waals surface area contributed by atoms with E-state index in [-0.39, 0.29) is 29.5 Å². The van der Waals surface area contributed by atoms with Crippen LogP contribution >= 0.6 is 11.6 Å². The predicted molar refractivity (Wildman–Crippen MR) is 115 cm³/mol. The Balaban J connectivity index is 1.44. The first-order valence-corrected chi connectivity index (χ1v) is 10.1. The summed E-state index contributed by atoms with van der Waals surface area (Å²) < 4.78 is 19.4. The van der Waals surface area contributed by atoms with E-state index in [1.807, 2.05) is 48.5 Å². The number of halogens is 2. The fraction of sp³-hybridized carbons (Fsp3) is 0.167. The van der Waals surface area contributed by atoms with Crippen LogP contribution < -0.4 is 5.32 Å². The van der Waals surface area contributed by atoms with Crippen LogP contribution in [0.15, 0.2) is 66.7 Å². The number of hydrogen-bond acceptors (Lipinski definition) is 3. The smallest absolute Gasteiger partial charge is 0.407 e. The number of aliphatic carboxylic acids is 1. The van der Waals surface area contributed by atoms with E-state index in [0.29, 0.717) is 0 Å². The van der Waals surface area contributed by atoms with E-state index in [0.717, 1.165) is 28.3 Å². The van der Waals surface area contributed by atoms with Crippen LogP contribution in [-0.2, 0) is 16.0 Å². The fourth-order valence-corrected chi connectivity index (χ4v) is 4.05. The van der Waals surface area contributed by atoms with Gasteiger partial charge in [-0.2, -0.15) is 0 Å². The van der Waals surface area contributed by atoms with Gasteiger partial charge in [-0.1, -0.05) is 66.2 Å². The number of hydrogen-bond donors (Lipinski definition) is 2. The molecule has 5 nitrogen and oxygen atoms in total. The SMILES string of the molecule is O=C(N[C@H](Cc1ccc(Cl)cc1F)C(=O)O)OCC1c2ccccc2-c2ccccc21. The number of rotatable bonds is 6. The van der Waals surface area contributed by atoms with Crippen LogP contribution in [-0.4, -0.2) is 29.8 Å². The Morgan fingerprint density at radius 3 is 2.23 bits per heavy atom. The summed E-state index contributed by atoms with van der Waals surface area (Å²) in [6.45, 7) is 0.0570. The van der Waals surface area contributed by atoms with Crippen LogP contribution in [0.25, 0.3) is 11.1 Å². The number of ether oxygens (including phenoxy) is 1. The van der Waals surface area contributed by atoms with Gasteiger partial charge in [0.05, 0.1) is 0 Å². The number of alkyl carbamates (subject to hydrolysis) is 1. The summed E-state index contributed by atoms with van der Waals surface area (Å²) in [7, 11) is 0. The number of amides is 1. The Bertz CT molecular complexity index is 1100. The van der Waals surface area contributed by atoms with Crippen LogP contribution in [0.3, 0.4) is 0 Å². The van der Waals surface area contributed by atoms with Gasteiger partial charge < -0.3 is 15.2 Å². The van der Waals surface area contributed by atoms with E-state index in [1.54, 1.807) is 0 Å². The van der Waals surface area contributed by atoms with Crippen molar-refractivity contribution in [3.63, 3.8) is 0 Å². The van der Waals surface area contributed by atoms with E-state index in [9.17, 15) is 19.1 Å². The van der Waals surface area contributed by atoms with E-state index < -0.39 is 23.9 Å². The third-order valence-corrected chi connectivity index (χ3v) is 5.61. The molecule has 0 fully saturated rings. The average Bonchev–Trinajstić information content (AvgIpc) is 3.07. The van der Waals surface area contributed by atoms with Crippen molar-refractivity contribution in [3.8, 4) is 11.1 Å². The second-order valence-corrected chi connectivity index (χ2v) is 7.74. The Kier molecular flexibility index (Phi) is 5.91. The third kappa shape index (κ3) is 4.39. The summed E-state index contributed by atoms with van der Waals surface area (Å²) in [5, 5.41) is 12.0. The molecule has 0 heterocycles. The second kappa shape index (κ2) is 8.78. The number of carbonyl (C=O) groups is 2. The second-order valence-electron chi connectivity index (χ2n) is 7.30. The lowest BCUT2D eigenvalue weighted by Crippen LogP contribution is -2.43. The highest BCUT2D eigenvalue weighted by Crippen LogP contribution is 2.44. The van der Waals surface area contributed by atoms with Crippen molar-refractivity contribution >= 4 is 23.7 Å². The zero-order valence-corrected chi connectivity index (χ0v) is 17.1. The molecule has 0 bridgehead atoms. The molecule has 0 aliphatic heterocycles. The molecule has 0 aromatic heterocycles. The maximum atomic E-state index is 14.0. The zero-order valence-electron chi connectivity index (χ0n) is 16.3. The van der Waals surface area contributed by atoms with E-state index in [4.69, 9.17) is 16.3 Å². The van der Waals surface area contributed by atoms with Crippen LogP contribution in [0.4, 0.5) is 9.18 Å². The third-order valence-electron chi connectivity index (χ3n) is 5.37. The first kappa shape index (κ1) is 20.9. The summed E-state index contributed by atoms with van der Waals surface area (Å²) in [4.78, 5) is 23.9. The minimum atomic E-state index is -1.34. The summed E-state index contributed by atoms with van der Waals surface area (Å²) in [6, 6.07) is 18.4. The van der Waals surface area contributed by atoms with E-state index in [1.165, 1.54) is 12.1 Å². The molecule has 1 aliphatic rings. The maximum Gasteiger partial charge on any atom is 0.407 e. The number of carboxylic acid groups (broad SMARTS) is 1. The van der Waals surface area contributed by atoms with Crippen LogP contribution in [0.5, 0.6) is 0 Å². The van der Waals surface area contributed by atoms with Gasteiger partial charge in [-0.15, -0.1) is 0 Å². The number of carbonyl (C=O) groups excluding carboxylic acids is 1. The predicted octanol–water partition coefficient (Wildman–Crippen LogP) is 5.01. The van der Waals surface area contributed by atoms with Gasteiger partial charge in [0.15, 0.2) is 0 Å². The molecule has 1 amide bonds. The summed E-state index contributed by atoms with van der Waals surface area (Å²) in [5.41, 5.74) is 4.42. The molecular formula is C24H19ClFNO4. The van der Waals surface area contributed by atoms with Gasteiger partial charge in [-0.05, 0) is 39.9 Å². The molecule has 0 spiro atoms. The van der Waals surface area contributed by atoms with Crippen molar-refractivity contribution in [2.24, 2.45) is 0 Å². The van der Waals surface area contributed by atoms with Crippen molar-refractivity contribution in [2.75, 3.05) is 6.61 Å². The highest BCUT2D eigenvalue weighted by Gasteiger charge is 2.30. The lowest BCUT2D eigenvalue weighted by atomic mass is 9.98. The molecule has 7 heteroatoms. The highest BCUT2D eigenvalue weighted by molar-refractivity contribution is 6.30. The van der Waals surface area contributed by atoms with Crippen LogP contribution in [0.2, 0.25) is 5.02 Å². The zero-order chi connectivity index (χ0) is 22.0. The van der Waals surface area contributed by atoms with Crippen molar-refractivity contribution in [2.45, 2.75) is 18.4 Å². The summed E-state index contributed by atoms with van der Waals surface area (Å²) in [6.07, 6.45) is -1.11. The van der Waals surface area contributed by atoms with E-state index >= 15 is 0 Å². The molecule has 1 aliphatic carbocycles. The molecule has 0 unspecified atom stereocenters. The first-order chi connectivity index (χ1) is 14.9. The molecule has 0 saturated carbocycles. The van der Waals surface area contributed by atoms with Gasteiger partial charge in [-0.25, -0.2) is 14.0 Å². The van der Waals surface area contributed by atoms with Crippen LogP contribution in [0, 0.1) is 5.82 Å². The molecule has 3 aromatic rings. The van der Waals surface area contributed by atoms with Gasteiger partial charge in [0.2, 0.25) is 0 Å². The molecular weight excluding hydrogens is 421 g/mol. The molecule has 1 atom stereocenters. The molecule has 158 valence electrons. The lowest BCUT2D eigenvalue weighted by Gasteiger charge is -2.18. The molecule has 3 aromatic carbocycles. The standard InChI is InChI=1S/C24H19ClFNO4/c25-15-10-9-14(21(26)12-15)11-22(23(28)29)27-24(30)31-13-20-18-7-3-1-5-16(18)17-6-2-4-8-19(17)20/h1-10,12,20,22H,11,13H2,(H,27,30)(H,28,29)/t22-/m1/s1. The summed E-state index contributed by atoms with van der Waals surface area (Å²) >= 11 is 5.73. The Morgan fingerprint density at radius 2 is 1.65 bits per heavy atom. The monoisotopic (exact) mass is 439 g/mol. The Hall–Kier alpha value is -3.38. The number of nitrogens with one attached hydrogen (secondary N) is 1. The van der Waals surface area contributed by atoms with Gasteiger partial charge in [0.25, 0.3) is 0 Å².